The van der Waals surface area contributed by atoms with Crippen LogP contribution in [0.3, 0.4) is 0 Å². The lowest BCUT2D eigenvalue weighted by molar-refractivity contribution is -0.0508. The summed E-state index contributed by atoms with van der Waals surface area (Å²) in [5, 5.41) is 5.37. The molecule has 0 unspecified atom stereocenters. The van der Waals surface area contributed by atoms with Crippen molar-refractivity contribution >= 4 is 0 Å². The molecule has 8 aliphatic rings. The summed E-state index contributed by atoms with van der Waals surface area (Å²) in [7, 11) is 0. The standard InChI is InChI=1S/C25H36N2/c1-15-23(24-9-17-3-18(10-24)5-19(4-17)11-24)16(2)27(26-15)25-12-20-6-21(13-25)8-22(7-20)14-25/h17-22H,3-14H2,1-2H3. The summed E-state index contributed by atoms with van der Waals surface area (Å²) in [6.07, 6.45) is 17.9. The second kappa shape index (κ2) is 5.03. The van der Waals surface area contributed by atoms with Crippen molar-refractivity contribution in [2.45, 2.75) is 102 Å². The van der Waals surface area contributed by atoms with Crippen molar-refractivity contribution in [1.29, 1.82) is 0 Å². The minimum atomic E-state index is 0.393. The highest BCUT2D eigenvalue weighted by molar-refractivity contribution is 5.37. The van der Waals surface area contributed by atoms with E-state index in [1.165, 1.54) is 63.5 Å². The summed E-state index contributed by atoms with van der Waals surface area (Å²) in [6.45, 7) is 4.82. The van der Waals surface area contributed by atoms with Crippen molar-refractivity contribution < 1.29 is 0 Å². The van der Waals surface area contributed by atoms with Crippen LogP contribution in [0.25, 0.3) is 0 Å². The molecule has 8 fully saturated rings. The van der Waals surface area contributed by atoms with Gasteiger partial charge in [-0.25, -0.2) is 0 Å². The van der Waals surface area contributed by atoms with E-state index in [0.717, 1.165) is 35.5 Å². The molecule has 1 aromatic heterocycles. The van der Waals surface area contributed by atoms with Crippen LogP contribution in [0.5, 0.6) is 0 Å². The summed E-state index contributed by atoms with van der Waals surface area (Å²) >= 11 is 0. The molecule has 2 nitrogen and oxygen atoms in total. The first-order valence-corrected chi connectivity index (χ1v) is 12.1. The van der Waals surface area contributed by atoms with E-state index >= 15 is 0 Å². The second-order valence-corrected chi connectivity index (χ2v) is 12.3. The average molecular weight is 365 g/mol. The predicted octanol–water partition coefficient (Wildman–Crippen LogP) is 5.89. The highest BCUT2D eigenvalue weighted by atomic mass is 15.3. The quantitative estimate of drug-likeness (QED) is 0.639. The maximum absolute atomic E-state index is 5.37. The zero-order valence-electron chi connectivity index (χ0n) is 17.3. The number of aromatic nitrogens is 2. The minimum Gasteiger partial charge on any atom is -0.263 e. The molecule has 8 bridgehead atoms. The fraction of sp³-hybridized carbons (Fsp3) is 0.880. The Bertz CT molecular complexity index is 729. The van der Waals surface area contributed by atoms with Crippen molar-refractivity contribution in [1.82, 2.24) is 9.78 Å². The topological polar surface area (TPSA) is 17.8 Å². The van der Waals surface area contributed by atoms with Gasteiger partial charge in [0.15, 0.2) is 0 Å². The van der Waals surface area contributed by atoms with Gasteiger partial charge in [-0.15, -0.1) is 0 Å². The number of hydrogen-bond acceptors (Lipinski definition) is 1. The average Bonchev–Trinajstić information content (AvgIpc) is 2.88. The Morgan fingerprint density at radius 2 is 1.07 bits per heavy atom. The van der Waals surface area contributed by atoms with Crippen LogP contribution in [-0.2, 0) is 11.0 Å². The first kappa shape index (κ1) is 16.1. The summed E-state index contributed by atoms with van der Waals surface area (Å²) in [5.74, 6) is 6.09. The zero-order valence-corrected chi connectivity index (χ0v) is 17.3. The molecule has 0 atom stereocenters. The normalized spacial score (nSPS) is 52.1. The van der Waals surface area contributed by atoms with E-state index in [1.807, 2.05) is 0 Å². The van der Waals surface area contributed by atoms with Gasteiger partial charge in [-0.05, 0) is 132 Å². The van der Waals surface area contributed by atoms with Crippen LogP contribution < -0.4 is 0 Å². The maximum Gasteiger partial charge on any atom is 0.0638 e. The third-order valence-corrected chi connectivity index (χ3v) is 10.3. The molecule has 0 aromatic carbocycles. The molecule has 1 aromatic rings. The molecule has 9 rings (SSSR count). The monoisotopic (exact) mass is 364 g/mol. The van der Waals surface area contributed by atoms with E-state index in [1.54, 1.807) is 30.5 Å². The fourth-order valence-electron chi connectivity index (χ4n) is 10.6. The van der Waals surface area contributed by atoms with Gasteiger partial charge in [0.05, 0.1) is 11.2 Å². The molecule has 0 aliphatic heterocycles. The fourth-order valence-corrected chi connectivity index (χ4v) is 10.6. The van der Waals surface area contributed by atoms with Crippen molar-refractivity contribution in [2.75, 3.05) is 0 Å². The number of nitrogens with zero attached hydrogens (tertiary/aromatic N) is 2. The Morgan fingerprint density at radius 1 is 0.667 bits per heavy atom. The van der Waals surface area contributed by atoms with Crippen molar-refractivity contribution in [3.8, 4) is 0 Å². The molecule has 27 heavy (non-hydrogen) atoms. The van der Waals surface area contributed by atoms with Gasteiger partial charge in [0.1, 0.15) is 0 Å². The van der Waals surface area contributed by atoms with Gasteiger partial charge < -0.3 is 0 Å². The molecule has 0 N–H and O–H groups in total. The highest BCUT2D eigenvalue weighted by Gasteiger charge is 2.56. The molecule has 0 amide bonds. The maximum atomic E-state index is 5.37. The van der Waals surface area contributed by atoms with Crippen LogP contribution in [-0.4, -0.2) is 9.78 Å². The SMILES string of the molecule is Cc1nn(C23CC4CC(CC(C4)C2)C3)c(C)c1C12CC3CC(CC(C3)C1)C2. The van der Waals surface area contributed by atoms with Crippen LogP contribution in [0.1, 0.15) is 94.0 Å². The van der Waals surface area contributed by atoms with Crippen molar-refractivity contribution in [3.63, 3.8) is 0 Å². The van der Waals surface area contributed by atoms with Crippen LogP contribution in [0.15, 0.2) is 0 Å². The zero-order chi connectivity index (χ0) is 18.0. The highest BCUT2D eigenvalue weighted by Crippen LogP contribution is 2.63. The van der Waals surface area contributed by atoms with Crippen LogP contribution in [0.2, 0.25) is 0 Å². The number of hydrogen-bond donors (Lipinski definition) is 0. The third-order valence-electron chi connectivity index (χ3n) is 10.3. The van der Waals surface area contributed by atoms with Crippen LogP contribution in [0.4, 0.5) is 0 Å². The summed E-state index contributed by atoms with van der Waals surface area (Å²) in [6, 6.07) is 0. The molecular formula is C25H36N2. The lowest BCUT2D eigenvalue weighted by Gasteiger charge is -2.58. The third kappa shape index (κ3) is 2.06. The van der Waals surface area contributed by atoms with Crippen molar-refractivity contribution in [2.24, 2.45) is 35.5 Å². The lowest BCUT2D eigenvalue weighted by atomic mass is 9.47. The molecular weight excluding hydrogens is 328 g/mol. The first-order valence-electron chi connectivity index (χ1n) is 12.1. The smallest absolute Gasteiger partial charge is 0.0638 e. The Labute approximate surface area is 164 Å². The van der Waals surface area contributed by atoms with E-state index in [-0.39, 0.29) is 0 Å². The van der Waals surface area contributed by atoms with E-state index in [0.29, 0.717) is 11.0 Å². The summed E-state index contributed by atoms with van der Waals surface area (Å²) in [5.41, 5.74) is 5.63. The molecule has 1 heterocycles. The molecule has 0 spiro atoms. The van der Waals surface area contributed by atoms with Gasteiger partial charge in [0.2, 0.25) is 0 Å². The molecule has 0 radical (unpaired) electrons. The predicted molar refractivity (Wildman–Crippen MR) is 108 cm³/mol. The second-order valence-electron chi connectivity index (χ2n) is 12.3. The van der Waals surface area contributed by atoms with Gasteiger partial charge in [0, 0.05) is 11.3 Å². The van der Waals surface area contributed by atoms with Gasteiger partial charge in [-0.2, -0.15) is 5.10 Å². The van der Waals surface area contributed by atoms with Gasteiger partial charge >= 0.3 is 0 Å². The van der Waals surface area contributed by atoms with Crippen molar-refractivity contribution in [3.05, 3.63) is 17.0 Å². The molecule has 8 aliphatic carbocycles. The lowest BCUT2D eigenvalue weighted by Crippen LogP contribution is -2.52. The Balaban J connectivity index is 1.33. The van der Waals surface area contributed by atoms with Gasteiger partial charge in [-0.3, -0.25) is 4.68 Å². The number of aryl methyl sites for hydroxylation is 1. The number of rotatable bonds is 2. The van der Waals surface area contributed by atoms with Crippen LogP contribution in [0, 0.1) is 49.4 Å². The molecule has 146 valence electrons. The van der Waals surface area contributed by atoms with Gasteiger partial charge in [-0.1, -0.05) is 0 Å². The molecule has 2 heteroatoms. The van der Waals surface area contributed by atoms with E-state index in [2.05, 4.69) is 18.5 Å². The molecule has 8 saturated carbocycles. The van der Waals surface area contributed by atoms with Gasteiger partial charge in [0.25, 0.3) is 0 Å². The van der Waals surface area contributed by atoms with E-state index in [9.17, 15) is 0 Å². The largest absolute Gasteiger partial charge is 0.263 e. The Kier molecular flexibility index (Phi) is 2.99. The molecule has 0 saturated heterocycles. The summed E-state index contributed by atoms with van der Waals surface area (Å²) in [4.78, 5) is 0. The first-order chi connectivity index (χ1) is 13.0. The Morgan fingerprint density at radius 3 is 1.52 bits per heavy atom. The summed E-state index contributed by atoms with van der Waals surface area (Å²) < 4.78 is 2.64. The van der Waals surface area contributed by atoms with E-state index < -0.39 is 0 Å². The van der Waals surface area contributed by atoms with E-state index in [4.69, 9.17) is 5.10 Å². The van der Waals surface area contributed by atoms with Crippen LogP contribution >= 0.6 is 0 Å². The minimum absolute atomic E-state index is 0.393. The Hall–Kier alpha value is -0.790.